The molecular formula is C15H28N2O3S. The lowest BCUT2D eigenvalue weighted by atomic mass is 9.81. The second-order valence-electron chi connectivity index (χ2n) is 7.25. The molecule has 0 aromatic heterocycles. The van der Waals surface area contributed by atoms with Gasteiger partial charge in [-0.3, -0.25) is 4.90 Å². The number of hydrogen-bond donors (Lipinski definition) is 1. The number of nitrogens with zero attached hydrogens (tertiary/aromatic N) is 1. The van der Waals surface area contributed by atoms with Gasteiger partial charge in [0, 0.05) is 43.7 Å². The van der Waals surface area contributed by atoms with Gasteiger partial charge in [-0.2, -0.15) is 0 Å². The fourth-order valence-electron chi connectivity index (χ4n) is 3.58. The molecule has 5 nitrogen and oxygen atoms in total. The van der Waals surface area contributed by atoms with Crippen molar-refractivity contribution in [2.75, 3.05) is 44.4 Å². The standard InChI is InChI=1S/C15H28N2O3S/c1-13-9-21(18,19)8-6-17(13)11-15(5-2-7-20-12-15)10-16-14-3-4-14/h13-14,16H,2-12H2,1H3. The van der Waals surface area contributed by atoms with E-state index in [1.165, 1.54) is 19.3 Å². The van der Waals surface area contributed by atoms with Crippen LogP contribution in [0.15, 0.2) is 0 Å². The van der Waals surface area contributed by atoms with Crippen molar-refractivity contribution in [3.05, 3.63) is 0 Å². The molecule has 0 amide bonds. The zero-order valence-electron chi connectivity index (χ0n) is 13.0. The highest BCUT2D eigenvalue weighted by atomic mass is 32.2. The molecule has 2 aliphatic heterocycles. The zero-order chi connectivity index (χ0) is 14.9. The Morgan fingerprint density at radius 3 is 2.81 bits per heavy atom. The fourth-order valence-corrected chi connectivity index (χ4v) is 5.20. The fraction of sp³-hybridized carbons (Fsp3) is 1.00. The summed E-state index contributed by atoms with van der Waals surface area (Å²) in [6.45, 7) is 6.37. The minimum atomic E-state index is -2.83. The van der Waals surface area contributed by atoms with E-state index in [0.717, 1.165) is 32.7 Å². The Kier molecular flexibility index (Phi) is 4.60. The molecule has 122 valence electrons. The number of hydrogen-bond acceptors (Lipinski definition) is 5. The molecule has 3 aliphatic rings. The Labute approximate surface area is 128 Å². The summed E-state index contributed by atoms with van der Waals surface area (Å²) in [5.41, 5.74) is 0.163. The van der Waals surface area contributed by atoms with Gasteiger partial charge in [0.2, 0.25) is 0 Å². The first-order chi connectivity index (χ1) is 9.98. The van der Waals surface area contributed by atoms with Gasteiger partial charge in [-0.05, 0) is 32.6 Å². The largest absolute Gasteiger partial charge is 0.381 e. The van der Waals surface area contributed by atoms with Gasteiger partial charge in [0.25, 0.3) is 0 Å². The molecule has 6 heteroatoms. The minimum Gasteiger partial charge on any atom is -0.381 e. The van der Waals surface area contributed by atoms with Gasteiger partial charge >= 0.3 is 0 Å². The molecule has 2 atom stereocenters. The highest BCUT2D eigenvalue weighted by Gasteiger charge is 2.39. The van der Waals surface area contributed by atoms with Crippen molar-refractivity contribution >= 4 is 9.84 Å². The van der Waals surface area contributed by atoms with E-state index in [1.54, 1.807) is 0 Å². The molecule has 2 saturated heterocycles. The van der Waals surface area contributed by atoms with E-state index < -0.39 is 9.84 Å². The zero-order valence-corrected chi connectivity index (χ0v) is 13.8. The maximum absolute atomic E-state index is 11.7. The Hall–Kier alpha value is -0.170. The normalized spacial score (nSPS) is 37.5. The Morgan fingerprint density at radius 1 is 1.38 bits per heavy atom. The van der Waals surface area contributed by atoms with Crippen LogP contribution in [0.2, 0.25) is 0 Å². The van der Waals surface area contributed by atoms with Gasteiger partial charge in [0.1, 0.15) is 0 Å². The maximum Gasteiger partial charge on any atom is 0.153 e. The van der Waals surface area contributed by atoms with Crippen molar-refractivity contribution < 1.29 is 13.2 Å². The van der Waals surface area contributed by atoms with Crippen LogP contribution < -0.4 is 5.32 Å². The van der Waals surface area contributed by atoms with Crippen molar-refractivity contribution in [1.82, 2.24) is 10.2 Å². The van der Waals surface area contributed by atoms with Crippen LogP contribution in [0, 0.1) is 5.41 Å². The van der Waals surface area contributed by atoms with Gasteiger partial charge < -0.3 is 10.1 Å². The SMILES string of the molecule is CC1CS(=O)(=O)CCN1CC1(CNC2CC2)CCCOC1. The molecule has 0 spiro atoms. The van der Waals surface area contributed by atoms with Crippen LogP contribution in [-0.2, 0) is 14.6 Å². The molecule has 1 saturated carbocycles. The molecule has 21 heavy (non-hydrogen) atoms. The Balaban J connectivity index is 1.62. The molecular weight excluding hydrogens is 288 g/mol. The average molecular weight is 316 g/mol. The topological polar surface area (TPSA) is 58.6 Å². The van der Waals surface area contributed by atoms with Crippen LogP contribution in [-0.4, -0.2) is 69.8 Å². The molecule has 2 unspecified atom stereocenters. The van der Waals surface area contributed by atoms with E-state index >= 15 is 0 Å². The van der Waals surface area contributed by atoms with E-state index in [4.69, 9.17) is 4.74 Å². The minimum absolute atomic E-state index is 0.128. The van der Waals surface area contributed by atoms with Gasteiger partial charge in [0.15, 0.2) is 9.84 Å². The summed E-state index contributed by atoms with van der Waals surface area (Å²) in [5, 5.41) is 3.66. The lowest BCUT2D eigenvalue weighted by Gasteiger charge is -2.44. The summed E-state index contributed by atoms with van der Waals surface area (Å²) in [6, 6.07) is 0.839. The van der Waals surface area contributed by atoms with Crippen molar-refractivity contribution in [1.29, 1.82) is 0 Å². The molecule has 0 radical (unpaired) electrons. The van der Waals surface area contributed by atoms with Crippen molar-refractivity contribution in [2.24, 2.45) is 5.41 Å². The monoisotopic (exact) mass is 316 g/mol. The van der Waals surface area contributed by atoms with Crippen LogP contribution in [0.1, 0.15) is 32.6 Å². The molecule has 1 aliphatic carbocycles. The molecule has 2 heterocycles. The number of nitrogens with one attached hydrogen (secondary N) is 1. The van der Waals surface area contributed by atoms with E-state index in [1.807, 2.05) is 6.92 Å². The van der Waals surface area contributed by atoms with Crippen LogP contribution in [0.3, 0.4) is 0 Å². The second-order valence-corrected chi connectivity index (χ2v) is 9.47. The summed E-state index contributed by atoms with van der Waals surface area (Å²) in [6.07, 6.45) is 4.90. The first-order valence-electron chi connectivity index (χ1n) is 8.24. The average Bonchev–Trinajstić information content (AvgIpc) is 3.25. The smallest absolute Gasteiger partial charge is 0.153 e. The molecule has 3 rings (SSSR count). The molecule has 0 aromatic carbocycles. The third kappa shape index (κ3) is 4.18. The molecule has 0 bridgehead atoms. The summed E-state index contributed by atoms with van der Waals surface area (Å²) in [5.74, 6) is 0.615. The Bertz CT molecular complexity index is 456. The number of ether oxygens (including phenoxy) is 1. The third-order valence-corrected chi connectivity index (χ3v) is 6.89. The molecule has 1 N–H and O–H groups in total. The van der Waals surface area contributed by atoms with Crippen LogP contribution in [0.5, 0.6) is 0 Å². The van der Waals surface area contributed by atoms with Gasteiger partial charge in [-0.15, -0.1) is 0 Å². The summed E-state index contributed by atoms with van der Waals surface area (Å²) < 4.78 is 29.2. The maximum atomic E-state index is 11.7. The predicted molar refractivity (Wildman–Crippen MR) is 83.2 cm³/mol. The van der Waals surface area contributed by atoms with E-state index in [-0.39, 0.29) is 11.5 Å². The molecule has 3 fully saturated rings. The van der Waals surface area contributed by atoms with Gasteiger partial charge in [-0.25, -0.2) is 8.42 Å². The first kappa shape index (κ1) is 15.7. The van der Waals surface area contributed by atoms with Crippen LogP contribution >= 0.6 is 0 Å². The van der Waals surface area contributed by atoms with E-state index in [9.17, 15) is 8.42 Å². The highest BCUT2D eigenvalue weighted by molar-refractivity contribution is 7.91. The first-order valence-corrected chi connectivity index (χ1v) is 10.1. The summed E-state index contributed by atoms with van der Waals surface area (Å²) >= 11 is 0. The van der Waals surface area contributed by atoms with Crippen molar-refractivity contribution in [3.8, 4) is 0 Å². The van der Waals surface area contributed by atoms with E-state index in [2.05, 4.69) is 10.2 Å². The number of sulfone groups is 1. The third-order valence-electron chi connectivity index (χ3n) is 5.09. The molecule has 0 aromatic rings. The summed E-state index contributed by atoms with van der Waals surface area (Å²) in [7, 11) is -2.83. The Morgan fingerprint density at radius 2 is 2.19 bits per heavy atom. The quantitative estimate of drug-likeness (QED) is 0.807. The van der Waals surface area contributed by atoms with Crippen molar-refractivity contribution in [2.45, 2.75) is 44.7 Å². The van der Waals surface area contributed by atoms with Gasteiger partial charge in [-0.1, -0.05) is 0 Å². The predicted octanol–water partition coefficient (Wildman–Crippen LogP) is 0.654. The van der Waals surface area contributed by atoms with Crippen molar-refractivity contribution in [3.63, 3.8) is 0 Å². The van der Waals surface area contributed by atoms with Gasteiger partial charge in [0.05, 0.1) is 18.1 Å². The second kappa shape index (κ2) is 6.14. The number of rotatable bonds is 5. The van der Waals surface area contributed by atoms with Crippen LogP contribution in [0.4, 0.5) is 0 Å². The van der Waals surface area contributed by atoms with E-state index in [0.29, 0.717) is 24.1 Å². The van der Waals surface area contributed by atoms with Crippen LogP contribution in [0.25, 0.3) is 0 Å². The lowest BCUT2D eigenvalue weighted by Crippen LogP contribution is -2.55. The summed E-state index contributed by atoms with van der Waals surface area (Å²) in [4.78, 5) is 2.37. The lowest BCUT2D eigenvalue weighted by molar-refractivity contribution is -0.0304. The highest BCUT2D eigenvalue weighted by Crippen LogP contribution is 2.32.